The number of hydrogen-bond donors (Lipinski definition) is 2. The number of aliphatic hydroxyl groups is 1. The lowest BCUT2D eigenvalue weighted by Crippen LogP contribution is -2.24. The van der Waals surface area contributed by atoms with Gasteiger partial charge >= 0.3 is 0 Å². The van der Waals surface area contributed by atoms with E-state index < -0.39 is 0 Å². The van der Waals surface area contributed by atoms with E-state index >= 15 is 0 Å². The molecule has 0 fully saturated rings. The Labute approximate surface area is 120 Å². The van der Waals surface area contributed by atoms with Crippen LogP contribution in [0.4, 0.5) is 0 Å². The van der Waals surface area contributed by atoms with Crippen molar-refractivity contribution < 1.29 is 9.84 Å². The number of rotatable bonds is 7. The van der Waals surface area contributed by atoms with Gasteiger partial charge in [-0.3, -0.25) is 0 Å². The number of nitrogens with one attached hydrogen (secondary N) is 1. The van der Waals surface area contributed by atoms with E-state index in [1.54, 1.807) is 6.92 Å². The third-order valence-electron chi connectivity index (χ3n) is 2.96. The summed E-state index contributed by atoms with van der Waals surface area (Å²) in [5, 5.41) is 12.5. The molecule has 0 saturated heterocycles. The van der Waals surface area contributed by atoms with Crippen molar-refractivity contribution in [1.29, 1.82) is 0 Å². The Balaban J connectivity index is 1.93. The highest BCUT2D eigenvalue weighted by Gasteiger charge is 2.04. The van der Waals surface area contributed by atoms with Crippen LogP contribution in [0.3, 0.4) is 0 Å². The van der Waals surface area contributed by atoms with Crippen molar-refractivity contribution in [2.24, 2.45) is 0 Å². The largest absolute Gasteiger partial charge is 0.489 e. The summed E-state index contributed by atoms with van der Waals surface area (Å²) in [6.07, 6.45) is -0.340. The normalized spacial score (nSPS) is 12.1. The molecule has 3 heteroatoms. The highest BCUT2D eigenvalue weighted by atomic mass is 16.5. The minimum atomic E-state index is -0.340. The summed E-state index contributed by atoms with van der Waals surface area (Å²) in [6.45, 7) is 3.60. The average Bonchev–Trinajstić information content (AvgIpc) is 2.47. The second kappa shape index (κ2) is 7.68. The molecule has 0 heterocycles. The Morgan fingerprint density at radius 3 is 2.50 bits per heavy atom. The molecular formula is C17H21NO2. The van der Waals surface area contributed by atoms with E-state index in [-0.39, 0.29) is 6.10 Å². The van der Waals surface area contributed by atoms with Crippen molar-refractivity contribution in [3.05, 3.63) is 65.7 Å². The number of aliphatic hydroxyl groups excluding tert-OH is 1. The monoisotopic (exact) mass is 271 g/mol. The van der Waals surface area contributed by atoms with Crippen LogP contribution in [0.15, 0.2) is 54.6 Å². The Morgan fingerprint density at radius 1 is 1.05 bits per heavy atom. The zero-order valence-corrected chi connectivity index (χ0v) is 11.8. The summed E-state index contributed by atoms with van der Waals surface area (Å²) >= 11 is 0. The molecule has 0 saturated carbocycles. The van der Waals surface area contributed by atoms with Crippen LogP contribution >= 0.6 is 0 Å². The van der Waals surface area contributed by atoms with Crippen LogP contribution in [0.25, 0.3) is 0 Å². The summed E-state index contributed by atoms with van der Waals surface area (Å²) < 4.78 is 5.88. The first-order valence-corrected chi connectivity index (χ1v) is 6.89. The fraction of sp³-hybridized carbons (Fsp3) is 0.294. The van der Waals surface area contributed by atoms with Crippen LogP contribution < -0.4 is 10.1 Å². The highest BCUT2D eigenvalue weighted by molar-refractivity contribution is 5.33. The topological polar surface area (TPSA) is 41.5 Å². The number of ether oxygens (including phenoxy) is 1. The molecule has 0 amide bonds. The first-order valence-electron chi connectivity index (χ1n) is 6.89. The average molecular weight is 271 g/mol. The summed E-state index contributed by atoms with van der Waals surface area (Å²) in [6, 6.07) is 18.1. The van der Waals surface area contributed by atoms with Gasteiger partial charge in [0.1, 0.15) is 12.4 Å². The van der Waals surface area contributed by atoms with Crippen LogP contribution in [-0.2, 0) is 13.2 Å². The second-order valence-electron chi connectivity index (χ2n) is 4.86. The number of benzene rings is 2. The quantitative estimate of drug-likeness (QED) is 0.813. The SMILES string of the molecule is C[C@H](O)CNCc1ccccc1OCc1ccccc1. The lowest BCUT2D eigenvalue weighted by Gasteiger charge is -2.13. The Bertz CT molecular complexity index is 511. The predicted octanol–water partition coefficient (Wildman–Crippen LogP) is 2.74. The molecule has 2 rings (SSSR count). The van der Waals surface area contributed by atoms with E-state index in [0.717, 1.165) is 16.9 Å². The molecule has 0 bridgehead atoms. The Hall–Kier alpha value is -1.84. The molecule has 2 aromatic rings. The molecule has 0 unspecified atom stereocenters. The van der Waals surface area contributed by atoms with Crippen LogP contribution in [0.5, 0.6) is 5.75 Å². The predicted molar refractivity (Wildman–Crippen MR) is 80.6 cm³/mol. The molecule has 0 aliphatic heterocycles. The van der Waals surface area contributed by atoms with Crippen molar-refractivity contribution in [2.75, 3.05) is 6.54 Å². The van der Waals surface area contributed by atoms with Crippen molar-refractivity contribution in [2.45, 2.75) is 26.2 Å². The van der Waals surface area contributed by atoms with Crippen molar-refractivity contribution in [1.82, 2.24) is 5.32 Å². The summed E-state index contributed by atoms with van der Waals surface area (Å²) in [5.41, 5.74) is 2.25. The van der Waals surface area contributed by atoms with Crippen molar-refractivity contribution in [3.63, 3.8) is 0 Å². The van der Waals surface area contributed by atoms with Gasteiger partial charge in [-0.25, -0.2) is 0 Å². The summed E-state index contributed by atoms with van der Waals surface area (Å²) in [5.74, 6) is 0.884. The van der Waals surface area contributed by atoms with E-state index in [1.807, 2.05) is 54.6 Å². The van der Waals surface area contributed by atoms with Gasteiger partial charge in [-0.15, -0.1) is 0 Å². The first kappa shape index (κ1) is 14.6. The zero-order chi connectivity index (χ0) is 14.2. The maximum absolute atomic E-state index is 9.26. The number of hydrogen-bond acceptors (Lipinski definition) is 3. The molecule has 0 aliphatic rings. The van der Waals surface area contributed by atoms with Crippen LogP contribution in [0.1, 0.15) is 18.1 Å². The van der Waals surface area contributed by atoms with E-state index in [9.17, 15) is 5.11 Å². The maximum atomic E-state index is 9.26. The van der Waals surface area contributed by atoms with Gasteiger partial charge in [0.2, 0.25) is 0 Å². The molecule has 2 aromatic carbocycles. The molecule has 20 heavy (non-hydrogen) atoms. The first-order chi connectivity index (χ1) is 9.75. The molecule has 106 valence electrons. The molecule has 3 nitrogen and oxygen atoms in total. The second-order valence-corrected chi connectivity index (χ2v) is 4.86. The van der Waals surface area contributed by atoms with E-state index in [1.165, 1.54) is 0 Å². The number of para-hydroxylation sites is 1. The van der Waals surface area contributed by atoms with Crippen LogP contribution in [0.2, 0.25) is 0 Å². The van der Waals surface area contributed by atoms with Gasteiger partial charge in [-0.2, -0.15) is 0 Å². The molecule has 2 N–H and O–H groups in total. The minimum absolute atomic E-state index is 0.340. The fourth-order valence-corrected chi connectivity index (χ4v) is 1.94. The molecular weight excluding hydrogens is 250 g/mol. The maximum Gasteiger partial charge on any atom is 0.124 e. The third kappa shape index (κ3) is 4.68. The Morgan fingerprint density at radius 2 is 1.75 bits per heavy atom. The van der Waals surface area contributed by atoms with Gasteiger partial charge in [0.05, 0.1) is 6.10 Å². The van der Waals surface area contributed by atoms with Gasteiger partial charge < -0.3 is 15.2 Å². The standard InChI is InChI=1S/C17H21NO2/c1-14(19)11-18-12-16-9-5-6-10-17(16)20-13-15-7-3-2-4-8-15/h2-10,14,18-19H,11-13H2,1H3/t14-/m0/s1. The molecule has 0 aliphatic carbocycles. The van der Waals surface area contributed by atoms with E-state index in [0.29, 0.717) is 19.7 Å². The molecule has 0 spiro atoms. The van der Waals surface area contributed by atoms with E-state index in [2.05, 4.69) is 5.32 Å². The van der Waals surface area contributed by atoms with Gasteiger partial charge in [-0.1, -0.05) is 48.5 Å². The highest BCUT2D eigenvalue weighted by Crippen LogP contribution is 2.19. The van der Waals surface area contributed by atoms with Gasteiger partial charge in [-0.05, 0) is 18.6 Å². The van der Waals surface area contributed by atoms with Crippen molar-refractivity contribution >= 4 is 0 Å². The van der Waals surface area contributed by atoms with Gasteiger partial charge in [0, 0.05) is 18.7 Å². The molecule has 0 radical (unpaired) electrons. The lowest BCUT2D eigenvalue weighted by molar-refractivity contribution is 0.190. The minimum Gasteiger partial charge on any atom is -0.489 e. The van der Waals surface area contributed by atoms with Crippen LogP contribution in [0, 0.1) is 0 Å². The van der Waals surface area contributed by atoms with Crippen LogP contribution in [-0.4, -0.2) is 17.8 Å². The van der Waals surface area contributed by atoms with Gasteiger partial charge in [0.15, 0.2) is 0 Å². The summed E-state index contributed by atoms with van der Waals surface area (Å²) in [7, 11) is 0. The zero-order valence-electron chi connectivity index (χ0n) is 11.8. The smallest absolute Gasteiger partial charge is 0.124 e. The Kier molecular flexibility index (Phi) is 5.59. The third-order valence-corrected chi connectivity index (χ3v) is 2.96. The lowest BCUT2D eigenvalue weighted by atomic mass is 10.2. The molecule has 1 atom stereocenters. The summed E-state index contributed by atoms with van der Waals surface area (Å²) in [4.78, 5) is 0. The molecule has 0 aromatic heterocycles. The van der Waals surface area contributed by atoms with E-state index in [4.69, 9.17) is 4.74 Å². The fourth-order valence-electron chi connectivity index (χ4n) is 1.94. The van der Waals surface area contributed by atoms with Gasteiger partial charge in [0.25, 0.3) is 0 Å². The van der Waals surface area contributed by atoms with Crippen molar-refractivity contribution in [3.8, 4) is 5.75 Å².